The molecule has 1 heterocycles. The van der Waals surface area contributed by atoms with Crippen LogP contribution >= 0.6 is 11.8 Å². The van der Waals surface area contributed by atoms with E-state index in [1.54, 1.807) is 0 Å². The van der Waals surface area contributed by atoms with Crippen LogP contribution in [0.2, 0.25) is 0 Å². The Labute approximate surface area is 70.7 Å². The van der Waals surface area contributed by atoms with Crippen LogP contribution in [0.25, 0.3) is 0 Å². The summed E-state index contributed by atoms with van der Waals surface area (Å²) in [5.74, 6) is 1.66. The van der Waals surface area contributed by atoms with Crippen molar-refractivity contribution in [3.05, 3.63) is 0 Å². The first-order valence-corrected chi connectivity index (χ1v) is 4.79. The van der Waals surface area contributed by atoms with Gasteiger partial charge in [-0.2, -0.15) is 11.8 Å². The average Bonchev–Trinajstić information content (AvgIpc) is 2.04. The van der Waals surface area contributed by atoms with E-state index in [1.807, 2.05) is 11.8 Å². The fourth-order valence-electron chi connectivity index (χ4n) is 1.14. The van der Waals surface area contributed by atoms with Crippen LogP contribution in [-0.2, 0) is 9.53 Å². The number of esters is 1. The van der Waals surface area contributed by atoms with Crippen molar-refractivity contribution in [1.82, 2.24) is 0 Å². The summed E-state index contributed by atoms with van der Waals surface area (Å²) >= 11 is 1.84. The maximum Gasteiger partial charge on any atom is 0.325 e. The number of nitrogens with two attached hydrogens (primary N) is 1. The monoisotopic (exact) mass is 175 g/mol. The lowest BCUT2D eigenvalue weighted by Gasteiger charge is -2.29. The van der Waals surface area contributed by atoms with Crippen molar-refractivity contribution >= 4 is 17.7 Å². The Morgan fingerprint density at radius 2 is 2.09 bits per heavy atom. The molecular formula is C7H13NO2S. The Balaban J connectivity index is 2.56. The summed E-state index contributed by atoms with van der Waals surface area (Å²) in [6.45, 7) is 0. The van der Waals surface area contributed by atoms with Crippen LogP contribution in [0.5, 0.6) is 0 Å². The number of carbonyl (C=O) groups excluding carboxylic acids is 1. The van der Waals surface area contributed by atoms with Gasteiger partial charge < -0.3 is 10.5 Å². The predicted molar refractivity (Wildman–Crippen MR) is 45.5 cm³/mol. The van der Waals surface area contributed by atoms with Crippen molar-refractivity contribution in [2.24, 2.45) is 5.73 Å². The van der Waals surface area contributed by atoms with E-state index in [2.05, 4.69) is 4.74 Å². The number of ether oxygens (including phenoxy) is 1. The highest BCUT2D eigenvalue weighted by molar-refractivity contribution is 7.99. The second-order valence-corrected chi connectivity index (χ2v) is 3.98. The Kier molecular flexibility index (Phi) is 2.78. The fourth-order valence-corrected chi connectivity index (χ4v) is 2.36. The quantitative estimate of drug-likeness (QED) is 0.585. The van der Waals surface area contributed by atoms with Gasteiger partial charge in [0, 0.05) is 0 Å². The minimum Gasteiger partial charge on any atom is -0.468 e. The zero-order valence-electron chi connectivity index (χ0n) is 6.63. The summed E-state index contributed by atoms with van der Waals surface area (Å²) in [6.07, 6.45) is 1.48. The van der Waals surface area contributed by atoms with Crippen LogP contribution in [0.1, 0.15) is 12.8 Å². The summed E-state index contributed by atoms with van der Waals surface area (Å²) in [7, 11) is 1.39. The van der Waals surface area contributed by atoms with Crippen LogP contribution in [0.3, 0.4) is 0 Å². The second kappa shape index (κ2) is 3.45. The number of methoxy groups -OCH3 is 1. The van der Waals surface area contributed by atoms with E-state index in [1.165, 1.54) is 7.11 Å². The minimum absolute atomic E-state index is 0.266. The normalized spacial score (nSPS) is 22.7. The molecule has 0 aliphatic carbocycles. The van der Waals surface area contributed by atoms with Crippen LogP contribution in [0.4, 0.5) is 0 Å². The highest BCUT2D eigenvalue weighted by Gasteiger charge is 2.36. The smallest absolute Gasteiger partial charge is 0.325 e. The molecule has 1 rings (SSSR count). The van der Waals surface area contributed by atoms with Crippen molar-refractivity contribution in [1.29, 1.82) is 0 Å². The molecule has 11 heavy (non-hydrogen) atoms. The predicted octanol–water partition coefficient (Wildman–Crippen LogP) is 0.384. The molecule has 0 bridgehead atoms. The summed E-state index contributed by atoms with van der Waals surface area (Å²) in [4.78, 5) is 11.1. The molecule has 0 unspecified atom stereocenters. The molecule has 0 aromatic heterocycles. The van der Waals surface area contributed by atoms with Crippen LogP contribution in [-0.4, -0.2) is 30.1 Å². The molecule has 0 amide bonds. The molecule has 1 aliphatic rings. The third-order valence-corrected chi connectivity index (χ3v) is 2.96. The first kappa shape index (κ1) is 8.87. The molecule has 1 saturated heterocycles. The van der Waals surface area contributed by atoms with Crippen molar-refractivity contribution in [3.63, 3.8) is 0 Å². The summed E-state index contributed by atoms with van der Waals surface area (Å²) in [6, 6.07) is 0. The third kappa shape index (κ3) is 1.87. The lowest BCUT2D eigenvalue weighted by molar-refractivity contribution is -0.147. The number of hydrogen-bond donors (Lipinski definition) is 1. The van der Waals surface area contributed by atoms with Gasteiger partial charge in [0.1, 0.15) is 5.54 Å². The van der Waals surface area contributed by atoms with Gasteiger partial charge in [-0.1, -0.05) is 0 Å². The Hall–Kier alpha value is -0.220. The molecular weight excluding hydrogens is 162 g/mol. The number of thioether (sulfide) groups is 1. The van der Waals surface area contributed by atoms with Crippen LogP contribution < -0.4 is 5.73 Å². The maximum absolute atomic E-state index is 11.1. The van der Waals surface area contributed by atoms with Gasteiger partial charge in [-0.25, -0.2) is 0 Å². The molecule has 0 aromatic rings. The summed E-state index contributed by atoms with van der Waals surface area (Å²) in [5, 5.41) is 0. The zero-order chi connectivity index (χ0) is 8.32. The molecule has 0 spiro atoms. The SMILES string of the molecule is COC(=O)C1(N)CCSCC1. The topological polar surface area (TPSA) is 52.3 Å². The molecule has 3 nitrogen and oxygen atoms in total. The third-order valence-electron chi connectivity index (χ3n) is 1.98. The van der Waals surface area contributed by atoms with Gasteiger partial charge in [0.05, 0.1) is 7.11 Å². The van der Waals surface area contributed by atoms with E-state index in [0.29, 0.717) is 0 Å². The zero-order valence-corrected chi connectivity index (χ0v) is 7.45. The minimum atomic E-state index is -0.694. The van der Waals surface area contributed by atoms with Gasteiger partial charge in [0.25, 0.3) is 0 Å². The summed E-state index contributed by atoms with van der Waals surface area (Å²) < 4.78 is 4.62. The molecule has 1 aliphatic heterocycles. The van der Waals surface area contributed by atoms with E-state index in [0.717, 1.165) is 24.3 Å². The molecule has 1 fully saturated rings. The molecule has 0 atom stereocenters. The lowest BCUT2D eigenvalue weighted by atomic mass is 9.94. The maximum atomic E-state index is 11.1. The molecule has 0 aromatic carbocycles. The van der Waals surface area contributed by atoms with Crippen molar-refractivity contribution in [2.45, 2.75) is 18.4 Å². The number of rotatable bonds is 1. The Bertz CT molecular complexity index is 155. The first-order chi connectivity index (χ1) is 5.19. The number of carbonyl (C=O) groups is 1. The number of hydrogen-bond acceptors (Lipinski definition) is 4. The molecule has 0 saturated carbocycles. The molecule has 0 radical (unpaired) electrons. The molecule has 2 N–H and O–H groups in total. The van der Waals surface area contributed by atoms with Gasteiger partial charge in [-0.15, -0.1) is 0 Å². The van der Waals surface area contributed by atoms with E-state index < -0.39 is 5.54 Å². The average molecular weight is 175 g/mol. The highest BCUT2D eigenvalue weighted by atomic mass is 32.2. The first-order valence-electron chi connectivity index (χ1n) is 3.64. The van der Waals surface area contributed by atoms with Gasteiger partial charge in [0.15, 0.2) is 0 Å². The fraction of sp³-hybridized carbons (Fsp3) is 0.857. The second-order valence-electron chi connectivity index (χ2n) is 2.76. The highest BCUT2D eigenvalue weighted by Crippen LogP contribution is 2.25. The van der Waals surface area contributed by atoms with Crippen molar-refractivity contribution < 1.29 is 9.53 Å². The Morgan fingerprint density at radius 3 is 2.55 bits per heavy atom. The van der Waals surface area contributed by atoms with Crippen LogP contribution in [0, 0.1) is 0 Å². The van der Waals surface area contributed by atoms with Gasteiger partial charge in [0.2, 0.25) is 0 Å². The van der Waals surface area contributed by atoms with Gasteiger partial charge in [-0.05, 0) is 24.3 Å². The molecule has 64 valence electrons. The van der Waals surface area contributed by atoms with E-state index in [4.69, 9.17) is 5.73 Å². The van der Waals surface area contributed by atoms with Crippen molar-refractivity contribution in [2.75, 3.05) is 18.6 Å². The lowest BCUT2D eigenvalue weighted by Crippen LogP contribution is -2.51. The standard InChI is InChI=1S/C7H13NO2S/c1-10-6(9)7(8)2-4-11-5-3-7/h2-5,8H2,1H3. The van der Waals surface area contributed by atoms with Gasteiger partial charge >= 0.3 is 5.97 Å². The Morgan fingerprint density at radius 1 is 1.55 bits per heavy atom. The summed E-state index contributed by atoms with van der Waals surface area (Å²) in [5.41, 5.74) is 5.13. The molecule has 4 heteroatoms. The van der Waals surface area contributed by atoms with E-state index in [-0.39, 0.29) is 5.97 Å². The van der Waals surface area contributed by atoms with E-state index in [9.17, 15) is 4.79 Å². The van der Waals surface area contributed by atoms with Crippen molar-refractivity contribution in [3.8, 4) is 0 Å². The largest absolute Gasteiger partial charge is 0.468 e. The van der Waals surface area contributed by atoms with E-state index >= 15 is 0 Å². The van der Waals surface area contributed by atoms with Gasteiger partial charge in [-0.3, -0.25) is 4.79 Å². The van der Waals surface area contributed by atoms with Crippen LogP contribution in [0.15, 0.2) is 0 Å².